The highest BCUT2D eigenvalue weighted by atomic mass is 79.9. The van der Waals surface area contributed by atoms with Gasteiger partial charge in [0.25, 0.3) is 0 Å². The van der Waals surface area contributed by atoms with Crippen LogP contribution in [-0.4, -0.2) is 23.0 Å². The average molecular weight is 286 g/mol. The highest BCUT2D eigenvalue weighted by molar-refractivity contribution is 9.09. The summed E-state index contributed by atoms with van der Waals surface area (Å²) in [6.45, 7) is 8.25. The Hall–Kier alpha value is -0.700. The number of nitrogens with zero attached hydrogens (tertiary/aromatic N) is 1. The van der Waals surface area contributed by atoms with E-state index in [0.29, 0.717) is 10.6 Å². The Morgan fingerprint density at radius 3 is 2.38 bits per heavy atom. The number of phenols is 1. The molecular formula is C13H20BrNO. The molecule has 0 aliphatic carbocycles. The van der Waals surface area contributed by atoms with E-state index in [9.17, 15) is 5.11 Å². The van der Waals surface area contributed by atoms with Crippen LogP contribution in [0.1, 0.15) is 26.3 Å². The summed E-state index contributed by atoms with van der Waals surface area (Å²) in [6, 6.07) is 5.95. The molecule has 1 rings (SSSR count). The van der Waals surface area contributed by atoms with Crippen LogP contribution in [0, 0.1) is 0 Å². The number of anilines is 1. The summed E-state index contributed by atoms with van der Waals surface area (Å²) in [5.41, 5.74) is 2.09. The minimum Gasteiger partial charge on any atom is -0.508 e. The molecule has 0 spiro atoms. The van der Waals surface area contributed by atoms with Gasteiger partial charge in [-0.25, -0.2) is 0 Å². The number of rotatable bonds is 5. The summed E-state index contributed by atoms with van der Waals surface area (Å²) in [4.78, 5) is 2.61. The molecule has 0 saturated heterocycles. The highest BCUT2D eigenvalue weighted by Crippen LogP contribution is 2.26. The van der Waals surface area contributed by atoms with Gasteiger partial charge in [-0.3, -0.25) is 0 Å². The molecule has 2 nitrogen and oxygen atoms in total. The molecule has 0 saturated carbocycles. The average Bonchev–Trinajstić information content (AvgIpc) is 2.23. The van der Waals surface area contributed by atoms with Gasteiger partial charge in [0.2, 0.25) is 0 Å². The first-order valence-corrected chi connectivity index (χ1v) is 6.70. The minimum absolute atomic E-state index is 0.387. The summed E-state index contributed by atoms with van der Waals surface area (Å²) in [7, 11) is 0. The zero-order chi connectivity index (χ0) is 12.1. The fourth-order valence-electron chi connectivity index (χ4n) is 1.81. The van der Waals surface area contributed by atoms with Gasteiger partial charge in [0.1, 0.15) is 5.75 Å². The van der Waals surface area contributed by atoms with Gasteiger partial charge in [0.05, 0.1) is 0 Å². The summed E-state index contributed by atoms with van der Waals surface area (Å²) >= 11 is 3.50. The van der Waals surface area contributed by atoms with E-state index in [-0.39, 0.29) is 0 Å². The number of halogens is 1. The quantitative estimate of drug-likeness (QED) is 0.837. The van der Waals surface area contributed by atoms with Crippen molar-refractivity contribution in [3.63, 3.8) is 0 Å². The van der Waals surface area contributed by atoms with Gasteiger partial charge in [0.15, 0.2) is 0 Å². The second-order valence-corrected chi connectivity index (χ2v) is 5.53. The molecule has 0 heterocycles. The van der Waals surface area contributed by atoms with Crippen LogP contribution >= 0.6 is 15.9 Å². The molecule has 0 amide bonds. The van der Waals surface area contributed by atoms with Gasteiger partial charge in [0, 0.05) is 29.7 Å². The predicted molar refractivity (Wildman–Crippen MR) is 73.8 cm³/mol. The molecule has 0 bridgehead atoms. The number of aromatic hydroxyl groups is 1. The molecule has 16 heavy (non-hydrogen) atoms. The molecule has 0 aliphatic heterocycles. The number of alkyl halides is 1. The Balaban J connectivity index is 2.89. The van der Waals surface area contributed by atoms with Gasteiger partial charge in [-0.1, -0.05) is 28.9 Å². The normalized spacial score (nSPS) is 12.5. The summed E-state index contributed by atoms with van der Waals surface area (Å²) in [5.74, 6) is 0.399. The van der Waals surface area contributed by atoms with Gasteiger partial charge < -0.3 is 10.0 Å². The summed E-state index contributed by atoms with van der Waals surface area (Å²) in [6.07, 6.45) is 0.852. The van der Waals surface area contributed by atoms with Crippen molar-refractivity contribution in [1.29, 1.82) is 0 Å². The molecule has 1 aromatic rings. The number of phenolic OH excluding ortho intramolecular Hbond substituents is 1. The van der Waals surface area contributed by atoms with Crippen molar-refractivity contribution in [3.05, 3.63) is 23.8 Å². The SMILES string of the molecule is CCN(CC)c1ccc(CC(C)Br)c(O)c1. The van der Waals surface area contributed by atoms with Gasteiger partial charge in [-0.05, 0) is 31.9 Å². The fraction of sp³-hybridized carbons (Fsp3) is 0.538. The Morgan fingerprint density at radius 2 is 1.94 bits per heavy atom. The van der Waals surface area contributed by atoms with E-state index in [1.54, 1.807) is 0 Å². The van der Waals surface area contributed by atoms with Crippen molar-refractivity contribution in [2.75, 3.05) is 18.0 Å². The molecule has 1 unspecified atom stereocenters. The van der Waals surface area contributed by atoms with Gasteiger partial charge >= 0.3 is 0 Å². The third kappa shape index (κ3) is 3.41. The lowest BCUT2D eigenvalue weighted by Crippen LogP contribution is -2.21. The number of benzene rings is 1. The van der Waals surface area contributed by atoms with Crippen LogP contribution in [0.3, 0.4) is 0 Å². The zero-order valence-corrected chi connectivity index (χ0v) is 11.8. The highest BCUT2D eigenvalue weighted by Gasteiger charge is 2.08. The van der Waals surface area contributed by atoms with Crippen LogP contribution in [0.2, 0.25) is 0 Å². The number of hydrogen-bond donors (Lipinski definition) is 1. The van der Waals surface area contributed by atoms with E-state index in [0.717, 1.165) is 30.8 Å². The molecule has 1 atom stereocenters. The lowest BCUT2D eigenvalue weighted by atomic mass is 10.1. The first-order valence-electron chi connectivity index (χ1n) is 5.79. The topological polar surface area (TPSA) is 23.5 Å². The second kappa shape index (κ2) is 6.14. The van der Waals surface area contributed by atoms with E-state index < -0.39 is 0 Å². The van der Waals surface area contributed by atoms with Crippen LogP contribution in [0.4, 0.5) is 5.69 Å². The molecule has 1 N–H and O–H groups in total. The van der Waals surface area contributed by atoms with Crippen LogP contribution < -0.4 is 4.90 Å². The van der Waals surface area contributed by atoms with Crippen LogP contribution in [0.15, 0.2) is 18.2 Å². The molecule has 1 aromatic carbocycles. The molecular weight excluding hydrogens is 266 g/mol. The molecule has 0 aliphatic rings. The van der Waals surface area contributed by atoms with E-state index in [1.807, 2.05) is 12.1 Å². The van der Waals surface area contributed by atoms with Crippen molar-refractivity contribution in [2.24, 2.45) is 0 Å². The maximum absolute atomic E-state index is 9.93. The maximum Gasteiger partial charge on any atom is 0.120 e. The molecule has 3 heteroatoms. The van der Waals surface area contributed by atoms with Crippen molar-refractivity contribution < 1.29 is 5.11 Å². The van der Waals surface area contributed by atoms with Crippen LogP contribution in [0.5, 0.6) is 5.75 Å². The first-order chi connectivity index (χ1) is 7.58. The standard InChI is InChI=1S/C13H20BrNO/c1-4-15(5-2)12-7-6-11(8-10(3)14)13(16)9-12/h6-7,9-10,16H,4-5,8H2,1-3H3. The van der Waals surface area contributed by atoms with Gasteiger partial charge in [-0.2, -0.15) is 0 Å². The summed E-state index contributed by atoms with van der Waals surface area (Å²) < 4.78 is 0. The van der Waals surface area contributed by atoms with Crippen molar-refractivity contribution in [2.45, 2.75) is 32.0 Å². The molecule has 0 radical (unpaired) electrons. The van der Waals surface area contributed by atoms with E-state index >= 15 is 0 Å². The first kappa shape index (κ1) is 13.4. The molecule has 0 fully saturated rings. The van der Waals surface area contributed by atoms with E-state index in [2.05, 4.69) is 47.7 Å². The third-order valence-corrected chi connectivity index (χ3v) is 3.02. The lowest BCUT2D eigenvalue weighted by molar-refractivity contribution is 0.468. The molecule has 0 aromatic heterocycles. The molecule has 90 valence electrons. The Morgan fingerprint density at radius 1 is 1.31 bits per heavy atom. The Labute approximate surface area is 106 Å². The summed E-state index contributed by atoms with van der Waals surface area (Å²) in [5, 5.41) is 9.93. The Bertz CT molecular complexity index is 335. The predicted octanol–water partition coefficient (Wildman–Crippen LogP) is 3.56. The largest absolute Gasteiger partial charge is 0.508 e. The van der Waals surface area contributed by atoms with E-state index in [1.165, 1.54) is 0 Å². The van der Waals surface area contributed by atoms with Crippen molar-refractivity contribution in [1.82, 2.24) is 0 Å². The van der Waals surface area contributed by atoms with Gasteiger partial charge in [-0.15, -0.1) is 0 Å². The fourth-order valence-corrected chi connectivity index (χ4v) is 2.16. The minimum atomic E-state index is 0.387. The van der Waals surface area contributed by atoms with Crippen molar-refractivity contribution in [3.8, 4) is 5.75 Å². The Kier molecular flexibility index (Phi) is 5.13. The monoisotopic (exact) mass is 285 g/mol. The third-order valence-electron chi connectivity index (χ3n) is 2.70. The van der Waals surface area contributed by atoms with Crippen LogP contribution in [-0.2, 0) is 6.42 Å². The maximum atomic E-state index is 9.93. The smallest absolute Gasteiger partial charge is 0.120 e. The second-order valence-electron chi connectivity index (χ2n) is 3.97. The van der Waals surface area contributed by atoms with Crippen molar-refractivity contribution >= 4 is 21.6 Å². The van der Waals surface area contributed by atoms with E-state index in [4.69, 9.17) is 0 Å². The number of hydrogen-bond acceptors (Lipinski definition) is 2. The zero-order valence-electron chi connectivity index (χ0n) is 10.2. The van der Waals surface area contributed by atoms with Crippen LogP contribution in [0.25, 0.3) is 0 Å². The lowest BCUT2D eigenvalue weighted by Gasteiger charge is -2.21.